The molecule has 0 saturated heterocycles. The van der Waals surface area contributed by atoms with Crippen molar-refractivity contribution in [3.8, 4) is 5.75 Å². The van der Waals surface area contributed by atoms with Gasteiger partial charge in [0.1, 0.15) is 11.9 Å². The molecule has 1 aliphatic heterocycles. The molecule has 2 nitrogen and oxygen atoms in total. The summed E-state index contributed by atoms with van der Waals surface area (Å²) in [4.78, 5) is 0. The van der Waals surface area contributed by atoms with Crippen molar-refractivity contribution in [1.29, 1.82) is 0 Å². The van der Waals surface area contributed by atoms with Crippen molar-refractivity contribution in [2.75, 3.05) is 11.9 Å². The first kappa shape index (κ1) is 7.92. The van der Waals surface area contributed by atoms with Crippen LogP contribution < -0.4 is 10.1 Å². The molecule has 3 heteroatoms. The lowest BCUT2D eigenvalue weighted by Gasteiger charge is -2.24. The molecule has 64 valence electrons. The summed E-state index contributed by atoms with van der Waals surface area (Å²) < 4.78 is 6.67. The quantitative estimate of drug-likeness (QED) is 0.736. The van der Waals surface area contributed by atoms with Crippen molar-refractivity contribution in [3.63, 3.8) is 0 Å². The minimum atomic E-state index is 0.256. The van der Waals surface area contributed by atoms with Crippen LogP contribution in [0.25, 0.3) is 0 Å². The Morgan fingerprint density at radius 3 is 3.25 bits per heavy atom. The van der Waals surface area contributed by atoms with E-state index in [2.05, 4.69) is 28.2 Å². The predicted octanol–water partition coefficient (Wildman–Crippen LogP) is 2.64. The average Bonchev–Trinajstić information content (AvgIpc) is 2.03. The van der Waals surface area contributed by atoms with Crippen molar-refractivity contribution in [2.24, 2.45) is 0 Å². The van der Waals surface area contributed by atoms with Crippen LogP contribution in [0.3, 0.4) is 0 Å². The second-order valence-corrected chi connectivity index (χ2v) is 3.87. The number of ether oxygens (including phenoxy) is 1. The summed E-state index contributed by atoms with van der Waals surface area (Å²) in [6.07, 6.45) is 0.256. The van der Waals surface area contributed by atoms with Gasteiger partial charge in [0.2, 0.25) is 0 Å². The summed E-state index contributed by atoms with van der Waals surface area (Å²) in [5, 5.41) is 3.29. The molecule has 0 aliphatic carbocycles. The van der Waals surface area contributed by atoms with Gasteiger partial charge in [0, 0.05) is 4.47 Å². The molecule has 1 atom stereocenters. The highest BCUT2D eigenvalue weighted by atomic mass is 79.9. The van der Waals surface area contributed by atoms with Gasteiger partial charge in [-0.2, -0.15) is 0 Å². The molecule has 12 heavy (non-hydrogen) atoms. The number of nitrogens with one attached hydrogen (secondary N) is 1. The normalized spacial score (nSPS) is 20.7. The van der Waals surface area contributed by atoms with Gasteiger partial charge >= 0.3 is 0 Å². The minimum Gasteiger partial charge on any atom is -0.487 e. The molecule has 1 aromatic rings. The first-order valence-electron chi connectivity index (χ1n) is 3.96. The standard InChI is InChI=1S/C9H10BrNO/c1-6-5-11-8-3-2-7(10)4-9(8)12-6/h2-4,6,11H,5H2,1H3/t6-/m0/s1. The molecule has 0 unspecified atom stereocenters. The summed E-state index contributed by atoms with van der Waals surface area (Å²) in [6.45, 7) is 2.94. The minimum absolute atomic E-state index is 0.256. The maximum absolute atomic E-state index is 5.62. The molecular weight excluding hydrogens is 218 g/mol. The van der Waals surface area contributed by atoms with Crippen LogP contribution in [0.15, 0.2) is 22.7 Å². The number of fused-ring (bicyclic) bond motifs is 1. The molecule has 1 aliphatic rings. The lowest BCUT2D eigenvalue weighted by atomic mass is 10.2. The van der Waals surface area contributed by atoms with Gasteiger partial charge in [-0.1, -0.05) is 15.9 Å². The smallest absolute Gasteiger partial charge is 0.144 e. The molecule has 0 saturated carbocycles. The Labute approximate surface area is 80.1 Å². The molecule has 0 radical (unpaired) electrons. The number of hydrogen-bond acceptors (Lipinski definition) is 2. The number of anilines is 1. The Hall–Kier alpha value is -0.700. The fourth-order valence-electron chi connectivity index (χ4n) is 1.25. The van der Waals surface area contributed by atoms with Gasteiger partial charge < -0.3 is 10.1 Å². The van der Waals surface area contributed by atoms with Crippen LogP contribution in [0.1, 0.15) is 6.92 Å². The van der Waals surface area contributed by atoms with Crippen LogP contribution in [0.2, 0.25) is 0 Å². The first-order valence-corrected chi connectivity index (χ1v) is 4.75. The Morgan fingerprint density at radius 1 is 1.58 bits per heavy atom. The van der Waals surface area contributed by atoms with Gasteiger partial charge in [-0.3, -0.25) is 0 Å². The molecule has 1 N–H and O–H groups in total. The van der Waals surface area contributed by atoms with Gasteiger partial charge in [-0.15, -0.1) is 0 Å². The van der Waals surface area contributed by atoms with Crippen LogP contribution in [-0.4, -0.2) is 12.6 Å². The van der Waals surface area contributed by atoms with Gasteiger partial charge in [-0.25, -0.2) is 0 Å². The molecule has 1 heterocycles. The zero-order valence-electron chi connectivity index (χ0n) is 6.80. The predicted molar refractivity (Wildman–Crippen MR) is 52.7 cm³/mol. The van der Waals surface area contributed by atoms with Crippen molar-refractivity contribution < 1.29 is 4.74 Å². The summed E-state index contributed by atoms with van der Waals surface area (Å²) in [6, 6.07) is 6.01. The topological polar surface area (TPSA) is 21.3 Å². The Balaban J connectivity index is 2.37. The zero-order chi connectivity index (χ0) is 8.55. The second-order valence-electron chi connectivity index (χ2n) is 2.95. The van der Waals surface area contributed by atoms with E-state index >= 15 is 0 Å². The highest BCUT2D eigenvalue weighted by Crippen LogP contribution is 2.31. The number of rotatable bonds is 0. The van der Waals surface area contributed by atoms with E-state index in [4.69, 9.17) is 4.74 Å². The van der Waals surface area contributed by atoms with Crippen molar-refractivity contribution in [3.05, 3.63) is 22.7 Å². The molecule has 0 amide bonds. The molecule has 2 rings (SSSR count). The van der Waals surface area contributed by atoms with E-state index in [0.29, 0.717) is 0 Å². The van der Waals surface area contributed by atoms with Gasteiger partial charge in [-0.05, 0) is 25.1 Å². The fraction of sp³-hybridized carbons (Fsp3) is 0.333. The van der Waals surface area contributed by atoms with Crippen LogP contribution >= 0.6 is 15.9 Å². The summed E-state index contributed by atoms with van der Waals surface area (Å²) in [7, 11) is 0. The number of benzene rings is 1. The van der Waals surface area contributed by atoms with E-state index in [0.717, 1.165) is 22.5 Å². The highest BCUT2D eigenvalue weighted by Gasteiger charge is 2.14. The average molecular weight is 228 g/mol. The van der Waals surface area contributed by atoms with E-state index in [1.807, 2.05) is 18.2 Å². The molecule has 0 bridgehead atoms. The second kappa shape index (κ2) is 2.98. The molecular formula is C9H10BrNO. The van der Waals surface area contributed by atoms with Crippen molar-refractivity contribution >= 4 is 21.6 Å². The Bertz CT molecular complexity index is 301. The van der Waals surface area contributed by atoms with Crippen molar-refractivity contribution in [2.45, 2.75) is 13.0 Å². The number of halogens is 1. The van der Waals surface area contributed by atoms with E-state index in [1.54, 1.807) is 0 Å². The maximum atomic E-state index is 5.62. The van der Waals surface area contributed by atoms with Gasteiger partial charge in [0.15, 0.2) is 0 Å². The molecule has 1 aromatic carbocycles. The highest BCUT2D eigenvalue weighted by molar-refractivity contribution is 9.10. The summed E-state index contributed by atoms with van der Waals surface area (Å²) >= 11 is 3.40. The summed E-state index contributed by atoms with van der Waals surface area (Å²) in [5.41, 5.74) is 1.08. The van der Waals surface area contributed by atoms with Crippen LogP contribution in [0.4, 0.5) is 5.69 Å². The monoisotopic (exact) mass is 227 g/mol. The third-order valence-corrected chi connectivity index (χ3v) is 2.35. The van der Waals surface area contributed by atoms with E-state index in [9.17, 15) is 0 Å². The number of hydrogen-bond donors (Lipinski definition) is 1. The maximum Gasteiger partial charge on any atom is 0.144 e. The van der Waals surface area contributed by atoms with Crippen molar-refractivity contribution in [1.82, 2.24) is 0 Å². The van der Waals surface area contributed by atoms with E-state index in [1.165, 1.54) is 0 Å². The largest absolute Gasteiger partial charge is 0.487 e. The lowest BCUT2D eigenvalue weighted by Crippen LogP contribution is -2.27. The third-order valence-electron chi connectivity index (χ3n) is 1.85. The van der Waals surface area contributed by atoms with Gasteiger partial charge in [0.05, 0.1) is 12.2 Å². The Kier molecular flexibility index (Phi) is 1.97. The van der Waals surface area contributed by atoms with E-state index in [-0.39, 0.29) is 6.10 Å². The third kappa shape index (κ3) is 1.41. The van der Waals surface area contributed by atoms with Crippen LogP contribution in [-0.2, 0) is 0 Å². The first-order chi connectivity index (χ1) is 5.75. The zero-order valence-corrected chi connectivity index (χ0v) is 8.39. The van der Waals surface area contributed by atoms with E-state index < -0.39 is 0 Å². The SMILES string of the molecule is C[C@H]1CNc2ccc(Br)cc2O1. The summed E-state index contributed by atoms with van der Waals surface area (Å²) in [5.74, 6) is 0.933. The molecule has 0 fully saturated rings. The van der Waals surface area contributed by atoms with Crippen LogP contribution in [0.5, 0.6) is 5.75 Å². The van der Waals surface area contributed by atoms with Crippen LogP contribution in [0, 0.1) is 0 Å². The lowest BCUT2D eigenvalue weighted by molar-refractivity contribution is 0.226. The molecule has 0 spiro atoms. The fourth-order valence-corrected chi connectivity index (χ4v) is 1.59. The Morgan fingerprint density at radius 2 is 2.42 bits per heavy atom. The van der Waals surface area contributed by atoms with Gasteiger partial charge in [0.25, 0.3) is 0 Å². The molecule has 0 aromatic heterocycles.